The molecule has 5 aromatic rings. The number of benzene rings is 2. The van der Waals surface area contributed by atoms with Gasteiger partial charge in [0.2, 0.25) is 5.95 Å². The van der Waals surface area contributed by atoms with Gasteiger partial charge in [-0.05, 0) is 41.6 Å². The summed E-state index contributed by atoms with van der Waals surface area (Å²) in [4.78, 5) is 13.7. The van der Waals surface area contributed by atoms with E-state index >= 15 is 0 Å². The van der Waals surface area contributed by atoms with Crippen molar-refractivity contribution in [3.05, 3.63) is 76.9 Å². The second-order valence-corrected chi connectivity index (χ2v) is 10.2. The molecule has 0 spiro atoms. The van der Waals surface area contributed by atoms with Gasteiger partial charge in [0, 0.05) is 21.7 Å². The summed E-state index contributed by atoms with van der Waals surface area (Å²) in [6.45, 7) is 1.99. The number of aliphatic hydroxyl groups is 1. The number of rotatable bonds is 5. The molecular formula is C25H23N5O2S2. The van der Waals surface area contributed by atoms with E-state index in [1.165, 1.54) is 16.2 Å². The summed E-state index contributed by atoms with van der Waals surface area (Å²) < 4.78 is 7.07. The molecule has 1 aliphatic rings. The molecule has 172 valence electrons. The Hall–Kier alpha value is -2.98. The second kappa shape index (κ2) is 8.99. The average molecular weight is 490 g/mol. The molecule has 0 aliphatic carbocycles. The Balaban J connectivity index is 1.25. The standard InChI is InChI=1S/C25H23N5O2S2/c1-33-16-7-5-15(6-8-16)24(31)22-11-20-23(34-22)13-26-25(28-20)30-9-10-32-21(14-30)17-3-2-4-19-18(17)12-27-29-19/h2-8,11-13,21,24,31H,9-10,14H2,1H3,(H,27,29). The Morgan fingerprint density at radius 2 is 2.09 bits per heavy atom. The van der Waals surface area contributed by atoms with Gasteiger partial charge >= 0.3 is 0 Å². The molecule has 2 aromatic carbocycles. The van der Waals surface area contributed by atoms with Crippen LogP contribution < -0.4 is 4.90 Å². The van der Waals surface area contributed by atoms with Crippen molar-refractivity contribution >= 4 is 50.2 Å². The minimum absolute atomic E-state index is 0.0848. The molecule has 2 unspecified atom stereocenters. The number of anilines is 1. The Kier molecular flexibility index (Phi) is 5.70. The Morgan fingerprint density at radius 1 is 1.21 bits per heavy atom. The monoisotopic (exact) mass is 489 g/mol. The van der Waals surface area contributed by atoms with Crippen molar-refractivity contribution in [3.8, 4) is 0 Å². The van der Waals surface area contributed by atoms with Crippen LogP contribution in [0.3, 0.4) is 0 Å². The quantitative estimate of drug-likeness (QED) is 0.338. The van der Waals surface area contributed by atoms with Crippen molar-refractivity contribution in [1.82, 2.24) is 20.2 Å². The van der Waals surface area contributed by atoms with E-state index < -0.39 is 6.10 Å². The van der Waals surface area contributed by atoms with Gasteiger partial charge in [-0.3, -0.25) is 5.10 Å². The highest BCUT2D eigenvalue weighted by Gasteiger charge is 2.26. The number of thioether (sulfide) groups is 1. The van der Waals surface area contributed by atoms with Crippen LogP contribution in [0.25, 0.3) is 21.1 Å². The van der Waals surface area contributed by atoms with Crippen molar-refractivity contribution < 1.29 is 9.84 Å². The lowest BCUT2D eigenvalue weighted by molar-refractivity contribution is 0.0402. The number of aromatic amines is 1. The topological polar surface area (TPSA) is 87.2 Å². The van der Waals surface area contributed by atoms with Crippen molar-refractivity contribution in [3.63, 3.8) is 0 Å². The zero-order valence-corrected chi connectivity index (χ0v) is 20.1. The minimum atomic E-state index is -0.679. The van der Waals surface area contributed by atoms with E-state index in [4.69, 9.17) is 9.72 Å². The van der Waals surface area contributed by atoms with Crippen LogP contribution in [0.2, 0.25) is 0 Å². The number of hydrogen-bond donors (Lipinski definition) is 2. The Morgan fingerprint density at radius 3 is 2.94 bits per heavy atom. The summed E-state index contributed by atoms with van der Waals surface area (Å²) in [5.41, 5.74) is 3.85. The van der Waals surface area contributed by atoms with Gasteiger partial charge in [0.05, 0.1) is 41.3 Å². The van der Waals surface area contributed by atoms with Crippen LogP contribution in [0.1, 0.15) is 28.2 Å². The molecule has 1 saturated heterocycles. The molecule has 3 aromatic heterocycles. The lowest BCUT2D eigenvalue weighted by Crippen LogP contribution is -2.39. The van der Waals surface area contributed by atoms with E-state index in [0.29, 0.717) is 19.1 Å². The van der Waals surface area contributed by atoms with E-state index in [1.54, 1.807) is 11.8 Å². The number of nitrogens with one attached hydrogen (secondary N) is 1. The van der Waals surface area contributed by atoms with E-state index in [1.807, 2.05) is 61.1 Å². The van der Waals surface area contributed by atoms with Crippen molar-refractivity contribution in [2.75, 3.05) is 30.9 Å². The number of thiophene rings is 1. The van der Waals surface area contributed by atoms with Gasteiger partial charge in [-0.2, -0.15) is 5.10 Å². The second-order valence-electron chi connectivity index (χ2n) is 8.23. The van der Waals surface area contributed by atoms with Crippen LogP contribution in [-0.4, -0.2) is 51.2 Å². The number of nitrogens with zero attached hydrogens (tertiary/aromatic N) is 4. The molecule has 0 amide bonds. The summed E-state index contributed by atoms with van der Waals surface area (Å²) in [7, 11) is 0. The van der Waals surface area contributed by atoms with E-state index in [9.17, 15) is 5.11 Å². The van der Waals surface area contributed by atoms with Gasteiger partial charge in [0.1, 0.15) is 12.2 Å². The minimum Gasteiger partial charge on any atom is -0.383 e. The highest BCUT2D eigenvalue weighted by atomic mass is 32.2. The first-order chi connectivity index (χ1) is 16.7. The molecule has 9 heteroatoms. The van der Waals surface area contributed by atoms with Crippen LogP contribution in [0.5, 0.6) is 0 Å². The van der Waals surface area contributed by atoms with E-state index in [-0.39, 0.29) is 6.10 Å². The lowest BCUT2D eigenvalue weighted by atomic mass is 10.0. The molecule has 2 atom stereocenters. The summed E-state index contributed by atoms with van der Waals surface area (Å²) in [5, 5.41) is 19.2. The molecule has 0 saturated carbocycles. The van der Waals surface area contributed by atoms with Crippen LogP contribution in [0.15, 0.2) is 65.8 Å². The Labute approximate surface area is 204 Å². The predicted molar refractivity (Wildman–Crippen MR) is 137 cm³/mol. The molecular weight excluding hydrogens is 466 g/mol. The maximum Gasteiger partial charge on any atom is 0.226 e. The van der Waals surface area contributed by atoms with Crippen molar-refractivity contribution in [2.24, 2.45) is 0 Å². The lowest BCUT2D eigenvalue weighted by Gasteiger charge is -2.33. The SMILES string of the molecule is CSc1ccc(C(O)c2cc3nc(N4CCOC(c5cccc6[nH]ncc56)C4)ncc3s2)cc1. The zero-order chi connectivity index (χ0) is 23.1. The summed E-state index contributed by atoms with van der Waals surface area (Å²) in [6.07, 6.45) is 4.99. The first-order valence-electron chi connectivity index (χ1n) is 11.1. The highest BCUT2D eigenvalue weighted by Crippen LogP contribution is 2.34. The zero-order valence-electron chi connectivity index (χ0n) is 18.5. The summed E-state index contributed by atoms with van der Waals surface area (Å²) in [5.74, 6) is 0.684. The maximum absolute atomic E-state index is 10.9. The third-order valence-corrected chi connectivity index (χ3v) is 8.05. The number of fused-ring (bicyclic) bond motifs is 2. The van der Waals surface area contributed by atoms with Crippen LogP contribution in [0, 0.1) is 0 Å². The predicted octanol–water partition coefficient (Wildman–Crippen LogP) is 4.95. The fraction of sp³-hybridized carbons (Fsp3) is 0.240. The number of aliphatic hydroxyl groups excluding tert-OH is 1. The molecule has 7 nitrogen and oxygen atoms in total. The van der Waals surface area contributed by atoms with Gasteiger partial charge in [0.15, 0.2) is 0 Å². The molecule has 1 aliphatic heterocycles. The largest absolute Gasteiger partial charge is 0.383 e. The van der Waals surface area contributed by atoms with E-state index in [2.05, 4.69) is 26.1 Å². The molecule has 34 heavy (non-hydrogen) atoms. The maximum atomic E-state index is 10.9. The average Bonchev–Trinajstić information content (AvgIpc) is 3.55. The molecule has 0 bridgehead atoms. The van der Waals surface area contributed by atoms with Crippen LogP contribution >= 0.6 is 23.1 Å². The third-order valence-electron chi connectivity index (χ3n) is 6.19. The Bertz CT molecular complexity index is 1450. The van der Waals surface area contributed by atoms with Crippen LogP contribution in [-0.2, 0) is 4.74 Å². The molecule has 0 radical (unpaired) electrons. The smallest absolute Gasteiger partial charge is 0.226 e. The highest BCUT2D eigenvalue weighted by molar-refractivity contribution is 7.98. The first kappa shape index (κ1) is 21.5. The fourth-order valence-corrected chi connectivity index (χ4v) is 5.77. The normalized spacial score (nSPS) is 17.5. The van der Waals surface area contributed by atoms with Gasteiger partial charge in [0.25, 0.3) is 0 Å². The summed E-state index contributed by atoms with van der Waals surface area (Å²) in [6, 6.07) is 16.1. The van der Waals surface area contributed by atoms with Gasteiger partial charge in [-0.15, -0.1) is 23.1 Å². The van der Waals surface area contributed by atoms with E-state index in [0.717, 1.165) is 43.7 Å². The van der Waals surface area contributed by atoms with Gasteiger partial charge in [-0.1, -0.05) is 24.3 Å². The van der Waals surface area contributed by atoms with Crippen molar-refractivity contribution in [1.29, 1.82) is 0 Å². The fourth-order valence-electron chi connectivity index (χ4n) is 4.38. The number of H-pyrrole nitrogens is 1. The number of morpholine rings is 1. The van der Waals surface area contributed by atoms with Crippen molar-refractivity contribution in [2.45, 2.75) is 17.1 Å². The number of ether oxygens (including phenoxy) is 1. The number of aromatic nitrogens is 4. The molecule has 6 rings (SSSR count). The van der Waals surface area contributed by atoms with Crippen LogP contribution in [0.4, 0.5) is 5.95 Å². The number of hydrogen-bond acceptors (Lipinski definition) is 8. The third kappa shape index (κ3) is 3.94. The molecule has 2 N–H and O–H groups in total. The van der Waals surface area contributed by atoms with Gasteiger partial charge in [-0.25, -0.2) is 9.97 Å². The molecule has 4 heterocycles. The van der Waals surface area contributed by atoms with Gasteiger partial charge < -0.3 is 14.7 Å². The molecule has 1 fully saturated rings. The first-order valence-corrected chi connectivity index (χ1v) is 13.1. The summed E-state index contributed by atoms with van der Waals surface area (Å²) >= 11 is 3.22.